The molecule has 18 heavy (non-hydrogen) atoms. The Balaban J connectivity index is 1.64. The number of carboxylic acid groups (broad SMARTS) is 1. The number of hydrogen-bond acceptors (Lipinski definition) is 3. The predicted octanol–water partition coefficient (Wildman–Crippen LogP) is 1.34. The fourth-order valence-corrected chi connectivity index (χ4v) is 4.66. The molecular formula is C13H19NO4. The van der Waals surface area contributed by atoms with E-state index in [0.29, 0.717) is 17.8 Å². The lowest BCUT2D eigenvalue weighted by molar-refractivity contribution is -0.163. The highest BCUT2D eigenvalue weighted by Crippen LogP contribution is 2.60. The summed E-state index contributed by atoms with van der Waals surface area (Å²) < 4.78 is 0. The molecule has 0 aromatic heterocycles. The summed E-state index contributed by atoms with van der Waals surface area (Å²) in [6, 6.07) is 0. The van der Waals surface area contributed by atoms with Gasteiger partial charge in [0.2, 0.25) is 5.91 Å². The van der Waals surface area contributed by atoms with Crippen molar-refractivity contribution in [3.05, 3.63) is 0 Å². The normalized spacial score (nSPS) is 40.8. The van der Waals surface area contributed by atoms with Gasteiger partial charge < -0.3 is 5.11 Å². The lowest BCUT2D eigenvalue weighted by Crippen LogP contribution is -2.53. The molecule has 0 aromatic rings. The Hall–Kier alpha value is -1.10. The van der Waals surface area contributed by atoms with Crippen LogP contribution in [0.1, 0.15) is 38.5 Å². The van der Waals surface area contributed by atoms with Gasteiger partial charge in [0.25, 0.3) is 0 Å². The van der Waals surface area contributed by atoms with Gasteiger partial charge in [0.15, 0.2) is 6.61 Å². The molecule has 0 spiro atoms. The van der Waals surface area contributed by atoms with Crippen LogP contribution in [0.5, 0.6) is 0 Å². The summed E-state index contributed by atoms with van der Waals surface area (Å²) in [6.07, 6.45) is 6.72. The van der Waals surface area contributed by atoms with Crippen molar-refractivity contribution < 1.29 is 19.5 Å². The Bertz CT molecular complexity index is 344. The second-order valence-corrected chi connectivity index (χ2v) is 6.31. The van der Waals surface area contributed by atoms with Crippen LogP contribution in [0.3, 0.4) is 0 Å². The smallest absolute Gasteiger partial charge is 0.332 e. The molecule has 0 aromatic carbocycles. The van der Waals surface area contributed by atoms with Gasteiger partial charge in [0, 0.05) is 0 Å². The molecule has 0 saturated heterocycles. The van der Waals surface area contributed by atoms with Crippen molar-refractivity contribution in [1.82, 2.24) is 5.48 Å². The highest BCUT2D eigenvalue weighted by Gasteiger charge is 2.54. The van der Waals surface area contributed by atoms with Crippen molar-refractivity contribution in [1.29, 1.82) is 0 Å². The molecule has 4 fully saturated rings. The van der Waals surface area contributed by atoms with Gasteiger partial charge >= 0.3 is 5.97 Å². The van der Waals surface area contributed by atoms with E-state index >= 15 is 0 Å². The van der Waals surface area contributed by atoms with Gasteiger partial charge in [-0.05, 0) is 56.3 Å². The van der Waals surface area contributed by atoms with Gasteiger partial charge in [-0.15, -0.1) is 0 Å². The summed E-state index contributed by atoms with van der Waals surface area (Å²) in [6.45, 7) is -0.474. The Labute approximate surface area is 106 Å². The van der Waals surface area contributed by atoms with E-state index in [1.807, 2.05) is 0 Å². The monoisotopic (exact) mass is 253 g/mol. The van der Waals surface area contributed by atoms with Gasteiger partial charge in [-0.1, -0.05) is 0 Å². The van der Waals surface area contributed by atoms with E-state index in [-0.39, 0.29) is 11.3 Å². The van der Waals surface area contributed by atoms with E-state index in [1.54, 1.807) is 0 Å². The Kier molecular flexibility index (Phi) is 2.81. The number of hydrogen-bond donors (Lipinski definition) is 2. The van der Waals surface area contributed by atoms with Crippen LogP contribution in [0.25, 0.3) is 0 Å². The van der Waals surface area contributed by atoms with E-state index in [0.717, 1.165) is 19.3 Å². The van der Waals surface area contributed by atoms with Crippen molar-refractivity contribution in [3.8, 4) is 0 Å². The Morgan fingerprint density at radius 3 is 2.06 bits per heavy atom. The van der Waals surface area contributed by atoms with E-state index in [9.17, 15) is 9.59 Å². The molecule has 0 radical (unpaired) electrons. The number of rotatable bonds is 4. The van der Waals surface area contributed by atoms with Crippen LogP contribution in [0.4, 0.5) is 0 Å². The standard InChI is InChI=1S/C13H19NO4/c15-11(16)7-18-14-12(17)13-4-8-1-9(5-13)3-10(2-8)6-13/h8-10H,1-7H2,(H,14,17)(H,15,16). The molecule has 0 aliphatic heterocycles. The summed E-state index contributed by atoms with van der Waals surface area (Å²) in [7, 11) is 0. The maximum atomic E-state index is 12.2. The van der Waals surface area contributed by atoms with Crippen molar-refractivity contribution >= 4 is 11.9 Å². The summed E-state index contributed by atoms with van der Waals surface area (Å²) in [5.41, 5.74) is 2.08. The molecule has 4 aliphatic rings. The first-order valence-corrected chi connectivity index (χ1v) is 6.71. The summed E-state index contributed by atoms with van der Waals surface area (Å²) in [5.74, 6) is 0.924. The molecule has 4 saturated carbocycles. The first-order chi connectivity index (χ1) is 8.57. The van der Waals surface area contributed by atoms with E-state index in [1.165, 1.54) is 19.3 Å². The van der Waals surface area contributed by atoms with Crippen molar-refractivity contribution in [2.24, 2.45) is 23.2 Å². The lowest BCUT2D eigenvalue weighted by atomic mass is 9.49. The third-order valence-corrected chi connectivity index (χ3v) is 4.88. The number of carbonyl (C=O) groups is 2. The van der Waals surface area contributed by atoms with Crippen LogP contribution < -0.4 is 5.48 Å². The molecule has 0 heterocycles. The molecule has 4 rings (SSSR count). The zero-order chi connectivity index (χ0) is 12.8. The molecule has 2 N–H and O–H groups in total. The van der Waals surface area contributed by atoms with E-state index in [2.05, 4.69) is 5.48 Å². The van der Waals surface area contributed by atoms with Crippen LogP contribution in [0, 0.1) is 23.2 Å². The molecule has 0 unspecified atom stereocenters. The van der Waals surface area contributed by atoms with Gasteiger partial charge in [-0.3, -0.25) is 9.63 Å². The van der Waals surface area contributed by atoms with Crippen molar-refractivity contribution in [2.75, 3.05) is 6.61 Å². The molecule has 4 aliphatic carbocycles. The topological polar surface area (TPSA) is 75.6 Å². The van der Waals surface area contributed by atoms with Crippen LogP contribution in [-0.4, -0.2) is 23.6 Å². The number of aliphatic carboxylic acids is 1. The molecule has 0 atom stereocenters. The maximum Gasteiger partial charge on any atom is 0.332 e. The highest BCUT2D eigenvalue weighted by atomic mass is 16.7. The van der Waals surface area contributed by atoms with Gasteiger partial charge in [0.1, 0.15) is 0 Å². The molecule has 5 nitrogen and oxygen atoms in total. The van der Waals surface area contributed by atoms with Crippen molar-refractivity contribution in [3.63, 3.8) is 0 Å². The van der Waals surface area contributed by atoms with Crippen LogP contribution in [0.15, 0.2) is 0 Å². The highest BCUT2D eigenvalue weighted by molar-refractivity contribution is 5.82. The number of carboxylic acids is 1. The number of carbonyl (C=O) groups excluding carboxylic acids is 1. The average molecular weight is 253 g/mol. The minimum absolute atomic E-state index is 0.0946. The van der Waals surface area contributed by atoms with Crippen LogP contribution in [-0.2, 0) is 14.4 Å². The molecular weight excluding hydrogens is 234 g/mol. The third-order valence-electron chi connectivity index (χ3n) is 4.88. The fourth-order valence-electron chi connectivity index (χ4n) is 4.66. The average Bonchev–Trinajstić information content (AvgIpc) is 2.26. The predicted molar refractivity (Wildman–Crippen MR) is 62.3 cm³/mol. The van der Waals surface area contributed by atoms with Crippen molar-refractivity contribution in [2.45, 2.75) is 38.5 Å². The Morgan fingerprint density at radius 2 is 1.61 bits per heavy atom. The zero-order valence-corrected chi connectivity index (χ0v) is 10.4. The summed E-state index contributed by atoms with van der Waals surface area (Å²) in [4.78, 5) is 27.3. The number of hydroxylamine groups is 1. The van der Waals surface area contributed by atoms with E-state index in [4.69, 9.17) is 9.94 Å². The molecule has 4 bridgehead atoms. The maximum absolute atomic E-state index is 12.2. The fraction of sp³-hybridized carbons (Fsp3) is 0.846. The molecule has 5 heteroatoms. The molecule has 100 valence electrons. The number of amides is 1. The van der Waals surface area contributed by atoms with Gasteiger partial charge in [0.05, 0.1) is 5.41 Å². The van der Waals surface area contributed by atoms with Crippen LogP contribution in [0.2, 0.25) is 0 Å². The van der Waals surface area contributed by atoms with E-state index < -0.39 is 12.6 Å². The van der Waals surface area contributed by atoms with Crippen LogP contribution >= 0.6 is 0 Å². The summed E-state index contributed by atoms with van der Waals surface area (Å²) in [5, 5.41) is 8.48. The molecule has 1 amide bonds. The third kappa shape index (κ3) is 2.00. The van der Waals surface area contributed by atoms with Gasteiger partial charge in [-0.25, -0.2) is 10.3 Å². The Morgan fingerprint density at radius 1 is 1.11 bits per heavy atom. The van der Waals surface area contributed by atoms with Gasteiger partial charge in [-0.2, -0.15) is 0 Å². The quantitative estimate of drug-likeness (QED) is 0.741. The second kappa shape index (κ2) is 4.23. The second-order valence-electron chi connectivity index (χ2n) is 6.31. The zero-order valence-electron chi connectivity index (χ0n) is 10.4. The first-order valence-electron chi connectivity index (χ1n) is 6.71. The largest absolute Gasteiger partial charge is 0.479 e. The lowest BCUT2D eigenvalue weighted by Gasteiger charge is -2.55. The SMILES string of the molecule is O=C(O)CONC(=O)C12CC3CC(CC(C3)C1)C2. The first kappa shape index (κ1) is 12.0. The minimum atomic E-state index is -1.07. The minimum Gasteiger partial charge on any atom is -0.479 e. The number of nitrogens with one attached hydrogen (secondary N) is 1. The summed E-state index contributed by atoms with van der Waals surface area (Å²) >= 11 is 0.